The minimum atomic E-state index is -4.76. The summed E-state index contributed by atoms with van der Waals surface area (Å²) in [4.78, 5) is 11.2. The predicted molar refractivity (Wildman–Crippen MR) is 59.8 cm³/mol. The molecule has 108 valence electrons. The molecule has 0 radical (unpaired) electrons. The molecule has 0 saturated heterocycles. The third kappa shape index (κ3) is 3.82. The largest absolute Gasteiger partial charge is 0.383 e. The van der Waals surface area contributed by atoms with Crippen LogP contribution in [0.3, 0.4) is 0 Å². The topological polar surface area (TPSA) is 52.9 Å². The number of nitrogens with one attached hydrogen (secondary N) is 1. The van der Waals surface area contributed by atoms with E-state index in [2.05, 4.69) is 0 Å². The molecule has 0 atom stereocenters. The van der Waals surface area contributed by atoms with Crippen LogP contribution in [0.1, 0.15) is 44.9 Å². The van der Waals surface area contributed by atoms with E-state index in [0.29, 0.717) is 12.8 Å². The summed E-state index contributed by atoms with van der Waals surface area (Å²) < 4.78 is 50.0. The van der Waals surface area contributed by atoms with Crippen LogP contribution in [0.2, 0.25) is 0 Å². The molecule has 0 aromatic heterocycles. The first kappa shape index (κ1) is 15.7. The number of carbonyl (C=O) groups is 1. The Morgan fingerprint density at radius 2 is 1.63 bits per heavy atom. The van der Waals surface area contributed by atoms with Gasteiger partial charge < -0.3 is 5.32 Å². The molecule has 19 heavy (non-hydrogen) atoms. The molecular formula is C12H16F4N2O. The van der Waals surface area contributed by atoms with Crippen LogP contribution in [0.4, 0.5) is 17.6 Å². The van der Waals surface area contributed by atoms with Crippen molar-refractivity contribution in [2.75, 3.05) is 0 Å². The zero-order chi connectivity index (χ0) is 14.5. The molecule has 3 nitrogen and oxygen atoms in total. The van der Waals surface area contributed by atoms with Crippen LogP contribution >= 0.6 is 0 Å². The molecule has 0 heterocycles. The number of halogens is 4. The molecule has 0 spiro atoms. The SMILES string of the molecule is N#CC1(NC(=O)C(F)(F)C(F)F)CCCCCCC1. The molecule has 1 amide bonds. The number of alkyl halides is 4. The lowest BCUT2D eigenvalue weighted by Gasteiger charge is -2.31. The van der Waals surface area contributed by atoms with Gasteiger partial charge in [-0.25, -0.2) is 8.78 Å². The molecule has 0 aromatic carbocycles. The Hall–Kier alpha value is -1.32. The summed E-state index contributed by atoms with van der Waals surface area (Å²) in [5, 5.41) is 11.0. The van der Waals surface area contributed by atoms with Crippen LogP contribution < -0.4 is 5.32 Å². The van der Waals surface area contributed by atoms with Gasteiger partial charge in [-0.2, -0.15) is 14.0 Å². The van der Waals surface area contributed by atoms with Gasteiger partial charge in [0.2, 0.25) is 0 Å². The van der Waals surface area contributed by atoms with Gasteiger partial charge in [0, 0.05) is 0 Å². The van der Waals surface area contributed by atoms with Crippen LogP contribution in [-0.2, 0) is 4.79 Å². The van der Waals surface area contributed by atoms with Crippen LogP contribution in [0.5, 0.6) is 0 Å². The number of hydrogen-bond acceptors (Lipinski definition) is 2. The maximum absolute atomic E-state index is 12.9. The van der Waals surface area contributed by atoms with E-state index in [-0.39, 0.29) is 12.8 Å². The summed E-state index contributed by atoms with van der Waals surface area (Å²) in [6.45, 7) is 0. The lowest BCUT2D eigenvalue weighted by atomic mass is 9.85. The zero-order valence-corrected chi connectivity index (χ0v) is 10.4. The molecule has 0 aromatic rings. The third-order valence-corrected chi connectivity index (χ3v) is 3.35. The number of nitrogens with zero attached hydrogens (tertiary/aromatic N) is 1. The maximum atomic E-state index is 12.9. The Labute approximate surface area is 109 Å². The minimum absolute atomic E-state index is 0.217. The van der Waals surface area contributed by atoms with Crippen molar-refractivity contribution < 1.29 is 22.4 Å². The molecule has 0 unspecified atom stereocenters. The van der Waals surface area contributed by atoms with Crippen molar-refractivity contribution in [1.82, 2.24) is 5.32 Å². The summed E-state index contributed by atoms with van der Waals surface area (Å²) >= 11 is 0. The molecule has 1 rings (SSSR count). The standard InChI is InChI=1S/C12H16F4N2O/c13-9(14)12(15,16)10(19)18-11(8-17)6-4-2-1-3-5-7-11/h9H,1-7H2,(H,18,19). The van der Waals surface area contributed by atoms with Gasteiger partial charge in [-0.1, -0.05) is 32.1 Å². The fraction of sp³-hybridized carbons (Fsp3) is 0.833. The summed E-state index contributed by atoms with van der Waals surface area (Å²) in [5.74, 6) is -6.82. The Morgan fingerprint density at radius 3 is 2.05 bits per heavy atom. The van der Waals surface area contributed by atoms with Gasteiger partial charge in [0.1, 0.15) is 5.54 Å². The number of rotatable bonds is 3. The quantitative estimate of drug-likeness (QED) is 0.808. The molecule has 1 fully saturated rings. The summed E-state index contributed by atoms with van der Waals surface area (Å²) in [5.41, 5.74) is -1.45. The van der Waals surface area contributed by atoms with Gasteiger partial charge in [-0.15, -0.1) is 0 Å². The average molecular weight is 280 g/mol. The monoisotopic (exact) mass is 280 g/mol. The third-order valence-electron chi connectivity index (χ3n) is 3.35. The van der Waals surface area contributed by atoms with Gasteiger partial charge in [-0.05, 0) is 12.8 Å². The Bertz CT molecular complexity index is 357. The van der Waals surface area contributed by atoms with Crippen molar-refractivity contribution in [2.24, 2.45) is 0 Å². The molecule has 0 aliphatic heterocycles. The molecule has 1 aliphatic carbocycles. The second-order valence-electron chi connectivity index (χ2n) is 4.84. The van der Waals surface area contributed by atoms with Crippen LogP contribution in [-0.4, -0.2) is 23.8 Å². The van der Waals surface area contributed by atoms with E-state index < -0.39 is 23.8 Å². The van der Waals surface area contributed by atoms with E-state index in [9.17, 15) is 22.4 Å². The van der Waals surface area contributed by atoms with Crippen molar-refractivity contribution >= 4 is 5.91 Å². The second-order valence-corrected chi connectivity index (χ2v) is 4.84. The first-order valence-corrected chi connectivity index (χ1v) is 6.24. The van der Waals surface area contributed by atoms with Gasteiger partial charge in [0.05, 0.1) is 6.07 Å². The van der Waals surface area contributed by atoms with Gasteiger partial charge in [0.25, 0.3) is 5.91 Å². The zero-order valence-electron chi connectivity index (χ0n) is 10.4. The number of carbonyl (C=O) groups excluding carboxylic acids is 1. The van der Waals surface area contributed by atoms with Gasteiger partial charge >= 0.3 is 12.3 Å². The summed E-state index contributed by atoms with van der Waals surface area (Å²) in [6.07, 6.45) is 0.236. The highest BCUT2D eigenvalue weighted by Gasteiger charge is 2.51. The highest BCUT2D eigenvalue weighted by molar-refractivity contribution is 5.84. The van der Waals surface area contributed by atoms with Crippen molar-refractivity contribution in [2.45, 2.75) is 62.8 Å². The van der Waals surface area contributed by atoms with E-state index in [1.165, 1.54) is 0 Å². The molecule has 7 heteroatoms. The first-order valence-electron chi connectivity index (χ1n) is 6.24. The first-order chi connectivity index (χ1) is 8.84. The van der Waals surface area contributed by atoms with Crippen molar-refractivity contribution in [1.29, 1.82) is 5.26 Å². The van der Waals surface area contributed by atoms with E-state index in [1.54, 1.807) is 0 Å². The number of amides is 1. The fourth-order valence-corrected chi connectivity index (χ4v) is 2.17. The molecule has 1 saturated carbocycles. The van der Waals surface area contributed by atoms with Crippen LogP contribution in [0.15, 0.2) is 0 Å². The molecule has 1 N–H and O–H groups in total. The Morgan fingerprint density at radius 1 is 1.16 bits per heavy atom. The summed E-state index contributed by atoms with van der Waals surface area (Å²) in [6, 6.07) is 1.82. The summed E-state index contributed by atoms with van der Waals surface area (Å²) in [7, 11) is 0. The van der Waals surface area contributed by atoms with Gasteiger partial charge in [0.15, 0.2) is 0 Å². The smallest absolute Gasteiger partial charge is 0.332 e. The second kappa shape index (κ2) is 6.22. The van der Waals surface area contributed by atoms with E-state index in [4.69, 9.17) is 5.26 Å². The average Bonchev–Trinajstić information content (AvgIpc) is 2.32. The van der Waals surface area contributed by atoms with E-state index in [0.717, 1.165) is 19.3 Å². The minimum Gasteiger partial charge on any atom is -0.332 e. The number of hydrogen-bond donors (Lipinski definition) is 1. The fourth-order valence-electron chi connectivity index (χ4n) is 2.17. The predicted octanol–water partition coefficient (Wildman–Crippen LogP) is 3.01. The molecular weight excluding hydrogens is 264 g/mol. The highest BCUT2D eigenvalue weighted by atomic mass is 19.3. The van der Waals surface area contributed by atoms with Crippen LogP contribution in [0.25, 0.3) is 0 Å². The Kier molecular flexibility index (Phi) is 5.15. The lowest BCUT2D eigenvalue weighted by molar-refractivity contribution is -0.171. The lowest BCUT2D eigenvalue weighted by Crippen LogP contribution is -2.55. The number of nitriles is 1. The van der Waals surface area contributed by atoms with E-state index >= 15 is 0 Å². The van der Waals surface area contributed by atoms with Crippen molar-refractivity contribution in [3.05, 3.63) is 0 Å². The van der Waals surface area contributed by atoms with Crippen molar-refractivity contribution in [3.8, 4) is 6.07 Å². The van der Waals surface area contributed by atoms with Crippen LogP contribution in [0, 0.1) is 11.3 Å². The van der Waals surface area contributed by atoms with Crippen molar-refractivity contribution in [3.63, 3.8) is 0 Å². The normalized spacial score (nSPS) is 20.2. The molecule has 0 bridgehead atoms. The Balaban J connectivity index is 2.80. The molecule has 1 aliphatic rings. The van der Waals surface area contributed by atoms with Gasteiger partial charge in [-0.3, -0.25) is 4.79 Å². The van der Waals surface area contributed by atoms with E-state index in [1.807, 2.05) is 11.4 Å². The highest BCUT2D eigenvalue weighted by Crippen LogP contribution is 2.29. The maximum Gasteiger partial charge on any atom is 0.383 e.